The molecule has 0 N–H and O–H groups in total. The summed E-state index contributed by atoms with van der Waals surface area (Å²) in [5, 5.41) is 6.40. The Labute approximate surface area is 154 Å². The maximum atomic E-state index is 13.0. The van der Waals surface area contributed by atoms with Gasteiger partial charge < -0.3 is 4.74 Å². The van der Waals surface area contributed by atoms with Gasteiger partial charge in [-0.1, -0.05) is 13.3 Å². The van der Waals surface area contributed by atoms with Crippen molar-refractivity contribution in [2.24, 2.45) is 5.10 Å². The standard InChI is InChI=1S/C20H24N4O2/c1-4-5-8-18(25)16-10-9-14(2)17-7-6-11-23-24(17)19(16)15-12-21-20(26-3)22-13-15/h6-7,11-13H,4-5,8-10H2,1-3H3. The van der Waals surface area contributed by atoms with E-state index in [1.807, 2.05) is 17.2 Å². The molecule has 0 radical (unpaired) electrons. The van der Waals surface area contributed by atoms with E-state index < -0.39 is 0 Å². The number of nitrogens with zero attached hydrogens (tertiary/aromatic N) is 4. The minimum Gasteiger partial charge on any atom is -0.467 e. The van der Waals surface area contributed by atoms with Gasteiger partial charge in [-0.15, -0.1) is 0 Å². The molecule has 3 heterocycles. The molecule has 0 atom stereocenters. The minimum atomic E-state index is 0.177. The van der Waals surface area contributed by atoms with Gasteiger partial charge in [-0.3, -0.25) is 4.79 Å². The van der Waals surface area contributed by atoms with Gasteiger partial charge in [-0.25, -0.2) is 15.0 Å². The van der Waals surface area contributed by atoms with Gasteiger partial charge in [-0.05, 0) is 43.9 Å². The van der Waals surface area contributed by atoms with Crippen molar-refractivity contribution in [1.82, 2.24) is 15.0 Å². The summed E-state index contributed by atoms with van der Waals surface area (Å²) >= 11 is 0. The number of unbranched alkanes of at least 4 members (excludes halogenated alkanes) is 1. The number of ketones is 1. The number of ether oxygens (including phenoxy) is 1. The third-order valence-electron chi connectivity index (χ3n) is 4.61. The fourth-order valence-electron chi connectivity index (χ4n) is 3.16. The highest BCUT2D eigenvalue weighted by Gasteiger charge is 2.28. The molecule has 0 saturated carbocycles. The molecule has 26 heavy (non-hydrogen) atoms. The third kappa shape index (κ3) is 3.59. The summed E-state index contributed by atoms with van der Waals surface area (Å²) in [7, 11) is 1.53. The molecule has 0 saturated heterocycles. The molecule has 0 aliphatic carbocycles. The topological polar surface area (TPSA) is 67.7 Å². The first-order valence-electron chi connectivity index (χ1n) is 8.99. The van der Waals surface area contributed by atoms with E-state index in [9.17, 15) is 4.79 Å². The number of hydrazone groups is 1. The zero-order chi connectivity index (χ0) is 18.5. The molecule has 0 amide bonds. The smallest absolute Gasteiger partial charge is 0.316 e. The Balaban J connectivity index is 2.12. The SMILES string of the molecule is CCCCC(=O)C1=C(c2cnc(OC)nc2)N2N=CC=CC2=C(C)CC1. The largest absolute Gasteiger partial charge is 0.467 e. The predicted octanol–water partition coefficient (Wildman–Crippen LogP) is 3.88. The van der Waals surface area contributed by atoms with Crippen LogP contribution in [-0.2, 0) is 4.79 Å². The van der Waals surface area contributed by atoms with E-state index in [1.54, 1.807) is 18.6 Å². The lowest BCUT2D eigenvalue weighted by molar-refractivity contribution is -0.115. The highest BCUT2D eigenvalue weighted by atomic mass is 16.5. The van der Waals surface area contributed by atoms with E-state index in [4.69, 9.17) is 4.74 Å². The van der Waals surface area contributed by atoms with Crippen LogP contribution in [0.4, 0.5) is 0 Å². The van der Waals surface area contributed by atoms with Gasteiger partial charge in [0.1, 0.15) is 0 Å². The zero-order valence-electron chi connectivity index (χ0n) is 15.5. The molecule has 3 rings (SSSR count). The first kappa shape index (κ1) is 18.0. The maximum absolute atomic E-state index is 13.0. The highest BCUT2D eigenvalue weighted by molar-refractivity contribution is 6.02. The van der Waals surface area contributed by atoms with E-state index in [1.165, 1.54) is 12.7 Å². The van der Waals surface area contributed by atoms with E-state index in [-0.39, 0.29) is 5.78 Å². The first-order chi connectivity index (χ1) is 12.7. The third-order valence-corrected chi connectivity index (χ3v) is 4.61. The van der Waals surface area contributed by atoms with Crippen LogP contribution >= 0.6 is 0 Å². The maximum Gasteiger partial charge on any atom is 0.316 e. The average Bonchev–Trinajstić information content (AvgIpc) is 2.83. The monoisotopic (exact) mass is 352 g/mol. The Hall–Kier alpha value is -2.76. The summed E-state index contributed by atoms with van der Waals surface area (Å²) in [5.74, 6) is 0.177. The molecule has 0 fully saturated rings. The quantitative estimate of drug-likeness (QED) is 0.777. The number of hydrogen-bond donors (Lipinski definition) is 0. The van der Waals surface area contributed by atoms with Crippen LogP contribution in [0.2, 0.25) is 0 Å². The van der Waals surface area contributed by atoms with Crippen LogP contribution in [0.5, 0.6) is 6.01 Å². The average molecular weight is 352 g/mol. The number of methoxy groups -OCH3 is 1. The second-order valence-electron chi connectivity index (χ2n) is 6.41. The van der Waals surface area contributed by atoms with Gasteiger partial charge in [0, 0.05) is 36.2 Å². The van der Waals surface area contributed by atoms with Crippen LogP contribution in [0.1, 0.15) is 51.5 Å². The van der Waals surface area contributed by atoms with E-state index in [2.05, 4.69) is 28.9 Å². The van der Waals surface area contributed by atoms with Crippen molar-refractivity contribution in [3.8, 4) is 6.01 Å². The van der Waals surface area contributed by atoms with Crippen LogP contribution in [0, 0.1) is 0 Å². The molecule has 6 heteroatoms. The number of Topliss-reactive ketones (excluding diaryl/α,β-unsaturated/α-hetero) is 1. The van der Waals surface area contributed by atoms with Crippen molar-refractivity contribution in [2.45, 2.75) is 46.0 Å². The summed E-state index contributed by atoms with van der Waals surface area (Å²) in [6, 6.07) is 0.302. The molecule has 0 unspecified atom stereocenters. The second-order valence-corrected chi connectivity index (χ2v) is 6.41. The van der Waals surface area contributed by atoms with Gasteiger partial charge in [0.25, 0.3) is 0 Å². The van der Waals surface area contributed by atoms with Crippen LogP contribution < -0.4 is 4.74 Å². The Kier molecular flexibility index (Phi) is 5.61. The van der Waals surface area contributed by atoms with Crippen molar-refractivity contribution in [3.05, 3.63) is 47.0 Å². The van der Waals surface area contributed by atoms with Crippen LogP contribution in [0.25, 0.3) is 5.70 Å². The molecule has 1 aromatic heterocycles. The highest BCUT2D eigenvalue weighted by Crippen LogP contribution is 2.37. The predicted molar refractivity (Wildman–Crippen MR) is 101 cm³/mol. The lowest BCUT2D eigenvalue weighted by Gasteiger charge is -2.26. The van der Waals surface area contributed by atoms with Crippen molar-refractivity contribution < 1.29 is 9.53 Å². The zero-order valence-corrected chi connectivity index (χ0v) is 15.5. The van der Waals surface area contributed by atoms with Gasteiger partial charge in [0.15, 0.2) is 5.78 Å². The number of aromatic nitrogens is 2. The van der Waals surface area contributed by atoms with Gasteiger partial charge in [0.2, 0.25) is 0 Å². The molecule has 0 aromatic carbocycles. The molecule has 0 bridgehead atoms. The summed E-state index contributed by atoms with van der Waals surface area (Å²) in [4.78, 5) is 21.4. The molecule has 2 aliphatic rings. The Morgan fingerprint density at radius 3 is 2.73 bits per heavy atom. The summed E-state index contributed by atoms with van der Waals surface area (Å²) in [6.45, 7) is 4.19. The fourth-order valence-corrected chi connectivity index (χ4v) is 3.16. The van der Waals surface area contributed by atoms with E-state index >= 15 is 0 Å². The Morgan fingerprint density at radius 2 is 2.04 bits per heavy atom. The minimum absolute atomic E-state index is 0.177. The Morgan fingerprint density at radius 1 is 1.27 bits per heavy atom. The first-order valence-corrected chi connectivity index (χ1v) is 8.99. The second kappa shape index (κ2) is 8.08. The van der Waals surface area contributed by atoms with Crippen molar-refractivity contribution in [3.63, 3.8) is 0 Å². The number of carbonyl (C=O) groups is 1. The van der Waals surface area contributed by atoms with Gasteiger partial charge in [0.05, 0.1) is 18.5 Å². The fraction of sp³-hybridized carbons (Fsp3) is 0.400. The normalized spacial score (nSPS) is 16.7. The number of carbonyl (C=O) groups excluding carboxylic acids is 1. The van der Waals surface area contributed by atoms with Crippen molar-refractivity contribution >= 4 is 17.7 Å². The number of rotatable bonds is 6. The van der Waals surface area contributed by atoms with E-state index in [0.717, 1.165) is 41.8 Å². The lowest BCUT2D eigenvalue weighted by Crippen LogP contribution is -2.20. The number of allylic oxidation sites excluding steroid dienone is 4. The Bertz CT molecular complexity index is 804. The summed E-state index contributed by atoms with van der Waals surface area (Å²) < 4.78 is 5.06. The molecule has 2 aliphatic heterocycles. The number of hydrogen-bond acceptors (Lipinski definition) is 6. The molecule has 1 aromatic rings. The van der Waals surface area contributed by atoms with Crippen LogP contribution in [-0.4, -0.2) is 34.1 Å². The molecular weight excluding hydrogens is 328 g/mol. The lowest BCUT2D eigenvalue weighted by atomic mass is 9.96. The van der Waals surface area contributed by atoms with Gasteiger partial charge in [-0.2, -0.15) is 5.10 Å². The summed E-state index contributed by atoms with van der Waals surface area (Å²) in [6.07, 6.45) is 13.0. The number of fused-ring (bicyclic) bond motifs is 1. The molecular formula is C20H24N4O2. The van der Waals surface area contributed by atoms with Crippen molar-refractivity contribution in [1.29, 1.82) is 0 Å². The molecule has 0 spiro atoms. The van der Waals surface area contributed by atoms with Crippen LogP contribution in [0.3, 0.4) is 0 Å². The molecule has 6 nitrogen and oxygen atoms in total. The van der Waals surface area contributed by atoms with Crippen LogP contribution in [0.15, 0.2) is 46.5 Å². The van der Waals surface area contributed by atoms with E-state index in [0.29, 0.717) is 18.9 Å². The van der Waals surface area contributed by atoms with Gasteiger partial charge >= 0.3 is 6.01 Å². The summed E-state index contributed by atoms with van der Waals surface area (Å²) in [5.41, 5.74) is 4.57. The molecule has 136 valence electrons. The van der Waals surface area contributed by atoms with Crippen molar-refractivity contribution in [2.75, 3.05) is 7.11 Å².